The number of aromatic nitrogens is 3. The van der Waals surface area contributed by atoms with E-state index in [-0.39, 0.29) is 5.41 Å². The van der Waals surface area contributed by atoms with Crippen molar-refractivity contribution in [1.82, 2.24) is 14.5 Å². The summed E-state index contributed by atoms with van der Waals surface area (Å²) in [5, 5.41) is 8.03. The molecule has 11 aromatic rings. The third kappa shape index (κ3) is 5.16. The van der Waals surface area contributed by atoms with Crippen LogP contribution in [-0.2, 0) is 5.41 Å². The first-order chi connectivity index (χ1) is 29.4. The van der Waals surface area contributed by atoms with Gasteiger partial charge in [-0.25, -0.2) is 14.8 Å². The number of hydrogen-bond acceptors (Lipinski definition) is 2. The van der Waals surface area contributed by atoms with Crippen LogP contribution in [0.5, 0.6) is 0 Å². The molecule has 0 unspecified atom stereocenters. The smallest absolute Gasteiger partial charge is 0.235 e. The summed E-state index contributed by atoms with van der Waals surface area (Å²) in [6, 6.07) is 65.1. The predicted molar refractivity (Wildman–Crippen MR) is 249 cm³/mol. The van der Waals surface area contributed by atoms with Gasteiger partial charge >= 0.3 is 0 Å². The first-order valence-corrected chi connectivity index (χ1v) is 20.4. The van der Waals surface area contributed by atoms with E-state index >= 15 is 0 Å². The maximum absolute atomic E-state index is 7.60. The molecule has 2 aromatic heterocycles. The molecule has 0 radical (unpaired) electrons. The summed E-state index contributed by atoms with van der Waals surface area (Å²) in [5.41, 5.74) is 15.1. The van der Waals surface area contributed by atoms with Crippen molar-refractivity contribution in [2.24, 2.45) is 0 Å². The molecule has 280 valence electrons. The zero-order valence-electron chi connectivity index (χ0n) is 33.1. The third-order valence-electron chi connectivity index (χ3n) is 12.8. The zero-order valence-corrected chi connectivity index (χ0v) is 33.1. The topological polar surface area (TPSA) is 35.1 Å². The van der Waals surface area contributed by atoms with Gasteiger partial charge in [0, 0.05) is 21.6 Å². The molecule has 0 saturated carbocycles. The molecule has 0 N–H and O–H groups in total. The Bertz CT molecular complexity index is 3640. The number of rotatable bonds is 4. The van der Waals surface area contributed by atoms with Crippen molar-refractivity contribution < 1.29 is 0 Å². The first kappa shape index (κ1) is 34.2. The zero-order chi connectivity index (χ0) is 40.1. The predicted octanol–water partition coefficient (Wildman–Crippen LogP) is 14.9. The average molecular weight is 765 g/mol. The molecule has 9 aromatic carbocycles. The molecule has 0 aliphatic heterocycles. The Morgan fingerprint density at radius 1 is 0.450 bits per heavy atom. The fourth-order valence-electron chi connectivity index (χ4n) is 9.68. The van der Waals surface area contributed by atoms with Gasteiger partial charge in [-0.2, -0.15) is 0 Å². The molecule has 0 bridgehead atoms. The first-order valence-electron chi connectivity index (χ1n) is 20.4. The van der Waals surface area contributed by atoms with Crippen molar-refractivity contribution in [2.75, 3.05) is 0 Å². The highest BCUT2D eigenvalue weighted by molar-refractivity contribution is 6.14. The molecular formula is C56H36N4. The minimum atomic E-state index is -0.0580. The van der Waals surface area contributed by atoms with Crippen LogP contribution in [0.1, 0.15) is 25.0 Å². The van der Waals surface area contributed by atoms with Crippen LogP contribution in [0, 0.1) is 6.57 Å². The lowest BCUT2D eigenvalue weighted by molar-refractivity contribution is 0.660. The maximum atomic E-state index is 7.60. The average Bonchev–Trinajstić information content (AvgIpc) is 3.74. The van der Waals surface area contributed by atoms with Gasteiger partial charge < -0.3 is 0 Å². The summed E-state index contributed by atoms with van der Waals surface area (Å²) in [7, 11) is 0. The number of benzene rings is 9. The van der Waals surface area contributed by atoms with Crippen molar-refractivity contribution in [2.45, 2.75) is 19.3 Å². The van der Waals surface area contributed by atoms with Gasteiger partial charge in [0.2, 0.25) is 5.95 Å². The fraction of sp³-hybridized carbons (Fsp3) is 0.0536. The number of nitrogens with zero attached hydrogens (tertiary/aromatic N) is 4. The molecule has 12 rings (SSSR count). The van der Waals surface area contributed by atoms with Gasteiger partial charge in [-0.3, -0.25) is 4.57 Å². The van der Waals surface area contributed by atoms with Crippen LogP contribution < -0.4 is 0 Å². The summed E-state index contributed by atoms with van der Waals surface area (Å²) < 4.78 is 2.23. The summed E-state index contributed by atoms with van der Waals surface area (Å²) in [4.78, 5) is 14.6. The lowest BCUT2D eigenvalue weighted by Crippen LogP contribution is -2.14. The Labute approximate surface area is 347 Å². The SMILES string of the molecule is [C-]#[N+]c1ccc(-c2nc(-n3c4ccc(-c5ccc6ccccc6c5)cc4c4cc5ccccc5cc43)nc3cc(-c4ccc5c(c4)-c4ccccc4C5(C)C)ccc23)cc1. The summed E-state index contributed by atoms with van der Waals surface area (Å²) in [6.07, 6.45) is 0. The van der Waals surface area contributed by atoms with E-state index in [1.165, 1.54) is 44.0 Å². The van der Waals surface area contributed by atoms with E-state index in [1.807, 2.05) is 24.3 Å². The maximum Gasteiger partial charge on any atom is 0.235 e. The largest absolute Gasteiger partial charge is 0.278 e. The lowest BCUT2D eigenvalue weighted by atomic mass is 9.82. The van der Waals surface area contributed by atoms with Crippen LogP contribution in [0.15, 0.2) is 182 Å². The molecule has 0 amide bonds. The normalized spacial score (nSPS) is 12.9. The minimum absolute atomic E-state index is 0.0580. The molecule has 4 nitrogen and oxygen atoms in total. The Morgan fingerprint density at radius 3 is 1.87 bits per heavy atom. The van der Waals surface area contributed by atoms with E-state index < -0.39 is 0 Å². The van der Waals surface area contributed by atoms with Crippen LogP contribution in [0.4, 0.5) is 5.69 Å². The van der Waals surface area contributed by atoms with E-state index in [0.717, 1.165) is 66.0 Å². The minimum Gasteiger partial charge on any atom is -0.278 e. The fourth-order valence-corrected chi connectivity index (χ4v) is 9.68. The van der Waals surface area contributed by atoms with Gasteiger partial charge in [-0.15, -0.1) is 0 Å². The monoisotopic (exact) mass is 764 g/mol. The summed E-state index contributed by atoms with van der Waals surface area (Å²) >= 11 is 0. The standard InChI is InChI=1S/C56H36N4/c1-56(2)49-15-9-8-14-44(49)46-29-40(21-26-50(46)56)42-20-25-45-51(32-42)58-55(59-54(45)35-18-23-43(57-3)24-19-35)60-52-27-22-41(39-17-16-34-10-4-5-11-36(34)28-39)31-47(52)48-30-37-12-6-7-13-38(37)33-53(48)60/h4-33H,1-2H3. The lowest BCUT2D eigenvalue weighted by Gasteiger charge is -2.21. The molecule has 1 aliphatic rings. The van der Waals surface area contributed by atoms with Crippen molar-refractivity contribution in [3.8, 4) is 50.6 Å². The Balaban J connectivity index is 1.10. The molecule has 2 heterocycles. The number of hydrogen-bond donors (Lipinski definition) is 0. The summed E-state index contributed by atoms with van der Waals surface area (Å²) in [5.74, 6) is 0.599. The highest BCUT2D eigenvalue weighted by Crippen LogP contribution is 2.49. The Kier molecular flexibility index (Phi) is 7.30. The third-order valence-corrected chi connectivity index (χ3v) is 12.8. The van der Waals surface area contributed by atoms with Crippen molar-refractivity contribution in [3.05, 3.63) is 205 Å². The highest BCUT2D eigenvalue weighted by Gasteiger charge is 2.35. The Morgan fingerprint density at radius 2 is 1.05 bits per heavy atom. The molecule has 1 aliphatic carbocycles. The van der Waals surface area contributed by atoms with E-state index in [9.17, 15) is 0 Å². The molecule has 0 spiro atoms. The van der Waals surface area contributed by atoms with Crippen molar-refractivity contribution >= 4 is 59.9 Å². The van der Waals surface area contributed by atoms with Gasteiger partial charge in [0.25, 0.3) is 0 Å². The van der Waals surface area contributed by atoms with Crippen LogP contribution in [0.3, 0.4) is 0 Å². The quantitative estimate of drug-likeness (QED) is 0.167. The second-order valence-corrected chi connectivity index (χ2v) is 16.5. The highest BCUT2D eigenvalue weighted by atomic mass is 15.2. The Hall–Kier alpha value is -7.87. The van der Waals surface area contributed by atoms with Gasteiger partial charge in [0.1, 0.15) is 0 Å². The van der Waals surface area contributed by atoms with Gasteiger partial charge in [0.05, 0.1) is 28.8 Å². The van der Waals surface area contributed by atoms with E-state index in [1.54, 1.807) is 0 Å². The van der Waals surface area contributed by atoms with Crippen LogP contribution >= 0.6 is 0 Å². The molecule has 4 heteroatoms. The van der Waals surface area contributed by atoms with Gasteiger partial charge in [-0.05, 0) is 120 Å². The van der Waals surface area contributed by atoms with E-state index in [0.29, 0.717) is 11.6 Å². The summed E-state index contributed by atoms with van der Waals surface area (Å²) in [6.45, 7) is 12.2. The van der Waals surface area contributed by atoms with Crippen molar-refractivity contribution in [1.29, 1.82) is 0 Å². The van der Waals surface area contributed by atoms with Crippen LogP contribution in [-0.4, -0.2) is 14.5 Å². The molecular weight excluding hydrogens is 729 g/mol. The molecule has 60 heavy (non-hydrogen) atoms. The van der Waals surface area contributed by atoms with E-state index in [2.05, 4.69) is 181 Å². The van der Waals surface area contributed by atoms with Gasteiger partial charge in [-0.1, -0.05) is 147 Å². The van der Waals surface area contributed by atoms with Crippen molar-refractivity contribution in [3.63, 3.8) is 0 Å². The van der Waals surface area contributed by atoms with Crippen LogP contribution in [0.25, 0.3) is 110 Å². The molecule has 0 saturated heterocycles. The second kappa shape index (κ2) is 12.8. The molecule has 0 fully saturated rings. The van der Waals surface area contributed by atoms with E-state index in [4.69, 9.17) is 16.5 Å². The number of fused-ring (bicyclic) bond motifs is 9. The molecule has 0 atom stereocenters. The van der Waals surface area contributed by atoms with Crippen LogP contribution in [0.2, 0.25) is 0 Å². The second-order valence-electron chi connectivity index (χ2n) is 16.5. The van der Waals surface area contributed by atoms with Gasteiger partial charge in [0.15, 0.2) is 5.69 Å².